The summed E-state index contributed by atoms with van der Waals surface area (Å²) < 4.78 is 1.98. The lowest BCUT2D eigenvalue weighted by Crippen LogP contribution is -2.15. The molecule has 2 aromatic heterocycles. The second-order valence-electron chi connectivity index (χ2n) is 6.75. The molecule has 0 radical (unpaired) electrons. The first-order chi connectivity index (χ1) is 10.4. The predicted molar refractivity (Wildman–Crippen MR) is 90.9 cm³/mol. The topological polar surface area (TPSA) is 56.7 Å². The molecule has 0 unspecified atom stereocenters. The second kappa shape index (κ2) is 5.13. The van der Waals surface area contributed by atoms with Crippen LogP contribution in [-0.2, 0) is 12.0 Å². The van der Waals surface area contributed by atoms with Gasteiger partial charge in [-0.3, -0.25) is 9.67 Å². The van der Waals surface area contributed by atoms with E-state index in [-0.39, 0.29) is 5.41 Å². The van der Waals surface area contributed by atoms with Crippen molar-refractivity contribution in [2.45, 2.75) is 39.7 Å². The Kier molecular flexibility index (Phi) is 3.39. The van der Waals surface area contributed by atoms with E-state index in [4.69, 9.17) is 10.7 Å². The maximum absolute atomic E-state index is 6.08. The van der Waals surface area contributed by atoms with Gasteiger partial charge in [-0.25, -0.2) is 0 Å². The third kappa shape index (κ3) is 2.56. The highest BCUT2D eigenvalue weighted by Gasteiger charge is 2.16. The molecule has 0 saturated carbocycles. The van der Waals surface area contributed by atoms with Gasteiger partial charge in [-0.2, -0.15) is 5.10 Å². The molecule has 1 aromatic carbocycles. The molecule has 3 aromatic rings. The summed E-state index contributed by atoms with van der Waals surface area (Å²) in [6.45, 7) is 9.17. The Hall–Kier alpha value is -2.36. The average molecular weight is 294 g/mol. The van der Waals surface area contributed by atoms with E-state index in [9.17, 15) is 0 Å². The van der Waals surface area contributed by atoms with Crippen molar-refractivity contribution in [3.05, 3.63) is 53.5 Å². The van der Waals surface area contributed by atoms with Gasteiger partial charge in [-0.05, 0) is 31.2 Å². The maximum Gasteiger partial charge on any atom is 0.0838 e. The van der Waals surface area contributed by atoms with Crippen LogP contribution in [0, 0.1) is 6.92 Å². The molecule has 3 rings (SSSR count). The zero-order chi connectivity index (χ0) is 15.9. The van der Waals surface area contributed by atoms with Crippen molar-refractivity contribution in [3.8, 4) is 0 Å². The monoisotopic (exact) mass is 294 g/mol. The number of hydrogen-bond donors (Lipinski definition) is 1. The first-order valence-corrected chi connectivity index (χ1v) is 7.54. The molecule has 2 heterocycles. The molecule has 2 N–H and O–H groups in total. The highest BCUT2D eigenvalue weighted by atomic mass is 15.3. The smallest absolute Gasteiger partial charge is 0.0838 e. The van der Waals surface area contributed by atoms with Crippen LogP contribution in [0.4, 0.5) is 5.69 Å². The number of hydrogen-bond acceptors (Lipinski definition) is 3. The summed E-state index contributed by atoms with van der Waals surface area (Å²) in [6.07, 6.45) is 0. The van der Waals surface area contributed by atoms with Crippen LogP contribution in [0.25, 0.3) is 10.9 Å². The zero-order valence-electron chi connectivity index (χ0n) is 13.6. The molecule has 0 fully saturated rings. The van der Waals surface area contributed by atoms with Crippen LogP contribution in [0.2, 0.25) is 0 Å². The minimum Gasteiger partial charge on any atom is -0.398 e. The molecule has 0 atom stereocenters. The van der Waals surface area contributed by atoms with Crippen LogP contribution in [0.3, 0.4) is 0 Å². The molecule has 0 aliphatic rings. The quantitative estimate of drug-likeness (QED) is 0.734. The van der Waals surface area contributed by atoms with Crippen molar-refractivity contribution in [2.75, 3.05) is 5.73 Å². The van der Waals surface area contributed by atoms with Crippen molar-refractivity contribution in [1.82, 2.24) is 14.8 Å². The van der Waals surface area contributed by atoms with Crippen molar-refractivity contribution in [2.24, 2.45) is 0 Å². The van der Waals surface area contributed by atoms with Gasteiger partial charge in [0.1, 0.15) is 0 Å². The first-order valence-electron chi connectivity index (χ1n) is 7.54. The summed E-state index contributed by atoms with van der Waals surface area (Å²) in [6, 6.07) is 12.1. The van der Waals surface area contributed by atoms with Crippen molar-refractivity contribution in [3.63, 3.8) is 0 Å². The van der Waals surface area contributed by atoms with Gasteiger partial charge in [0, 0.05) is 22.2 Å². The summed E-state index contributed by atoms with van der Waals surface area (Å²) in [4.78, 5) is 4.79. The number of benzene rings is 1. The number of aryl methyl sites for hydroxylation is 1. The normalized spacial score (nSPS) is 12.0. The minimum atomic E-state index is 0.0442. The van der Waals surface area contributed by atoms with Crippen LogP contribution < -0.4 is 5.73 Å². The number of rotatable bonds is 2. The third-order valence-corrected chi connectivity index (χ3v) is 3.87. The molecule has 0 amide bonds. The van der Waals surface area contributed by atoms with Crippen LogP contribution in [0.1, 0.15) is 37.9 Å². The van der Waals surface area contributed by atoms with E-state index in [1.807, 2.05) is 29.8 Å². The molecule has 0 bridgehead atoms. The standard InChI is InChI=1S/C18H22N4/c1-12-17-14(19)8-6-9-15(17)22(21-12)11-13-7-5-10-16(20-13)18(2,3)4/h5-10H,11,19H2,1-4H3. The van der Waals surface area contributed by atoms with Gasteiger partial charge >= 0.3 is 0 Å². The fourth-order valence-electron chi connectivity index (χ4n) is 2.71. The molecule has 0 saturated heterocycles. The predicted octanol–water partition coefficient (Wildman–Crippen LogP) is 3.67. The molecule has 4 heteroatoms. The summed E-state index contributed by atoms with van der Waals surface area (Å²) >= 11 is 0. The van der Waals surface area contributed by atoms with E-state index >= 15 is 0 Å². The van der Waals surface area contributed by atoms with Gasteiger partial charge < -0.3 is 5.73 Å². The minimum absolute atomic E-state index is 0.0442. The number of pyridine rings is 1. The van der Waals surface area contributed by atoms with E-state index in [1.54, 1.807) is 0 Å². The fourth-order valence-corrected chi connectivity index (χ4v) is 2.71. The molecule has 0 spiro atoms. The summed E-state index contributed by atoms with van der Waals surface area (Å²) in [5.41, 5.74) is 11.0. The van der Waals surface area contributed by atoms with Crippen molar-refractivity contribution >= 4 is 16.6 Å². The number of nitrogen functional groups attached to an aromatic ring is 1. The van der Waals surface area contributed by atoms with Crippen LogP contribution in [-0.4, -0.2) is 14.8 Å². The Labute approximate surface area is 131 Å². The van der Waals surface area contributed by atoms with E-state index in [1.165, 1.54) is 0 Å². The van der Waals surface area contributed by atoms with Crippen LogP contribution >= 0.6 is 0 Å². The van der Waals surface area contributed by atoms with Gasteiger partial charge in [0.15, 0.2) is 0 Å². The highest BCUT2D eigenvalue weighted by molar-refractivity contribution is 5.92. The second-order valence-corrected chi connectivity index (χ2v) is 6.75. The van der Waals surface area contributed by atoms with E-state index in [0.29, 0.717) is 6.54 Å². The highest BCUT2D eigenvalue weighted by Crippen LogP contribution is 2.25. The molecular weight excluding hydrogens is 272 g/mol. The SMILES string of the molecule is Cc1nn(Cc2cccc(C(C)(C)C)n2)c2cccc(N)c12. The van der Waals surface area contributed by atoms with E-state index < -0.39 is 0 Å². The molecule has 22 heavy (non-hydrogen) atoms. The lowest BCUT2D eigenvalue weighted by Gasteiger charge is -2.18. The Morgan fingerprint density at radius 2 is 1.82 bits per heavy atom. The van der Waals surface area contributed by atoms with Gasteiger partial charge in [0.2, 0.25) is 0 Å². The molecular formula is C18H22N4. The van der Waals surface area contributed by atoms with Crippen LogP contribution in [0.5, 0.6) is 0 Å². The number of anilines is 1. The van der Waals surface area contributed by atoms with Crippen molar-refractivity contribution in [1.29, 1.82) is 0 Å². The molecule has 0 aliphatic heterocycles. The molecule has 114 valence electrons. The van der Waals surface area contributed by atoms with E-state index in [2.05, 4.69) is 44.1 Å². The summed E-state index contributed by atoms with van der Waals surface area (Å²) in [5, 5.41) is 5.67. The number of nitrogens with zero attached hydrogens (tertiary/aromatic N) is 3. The lowest BCUT2D eigenvalue weighted by atomic mass is 9.91. The van der Waals surface area contributed by atoms with Gasteiger partial charge in [0.05, 0.1) is 23.4 Å². The van der Waals surface area contributed by atoms with Gasteiger partial charge in [0.25, 0.3) is 0 Å². The Morgan fingerprint density at radius 1 is 1.09 bits per heavy atom. The van der Waals surface area contributed by atoms with Crippen molar-refractivity contribution < 1.29 is 0 Å². The van der Waals surface area contributed by atoms with Gasteiger partial charge in [-0.15, -0.1) is 0 Å². The number of fused-ring (bicyclic) bond motifs is 1. The third-order valence-electron chi connectivity index (χ3n) is 3.87. The largest absolute Gasteiger partial charge is 0.398 e. The molecule has 0 aliphatic carbocycles. The first kappa shape index (κ1) is 14.6. The maximum atomic E-state index is 6.08. The summed E-state index contributed by atoms with van der Waals surface area (Å²) in [7, 11) is 0. The Bertz CT molecular complexity index is 825. The Morgan fingerprint density at radius 3 is 2.55 bits per heavy atom. The van der Waals surface area contributed by atoms with Gasteiger partial charge in [-0.1, -0.05) is 32.9 Å². The lowest BCUT2D eigenvalue weighted by molar-refractivity contribution is 0.561. The number of aromatic nitrogens is 3. The molecule has 4 nitrogen and oxygen atoms in total. The van der Waals surface area contributed by atoms with E-state index in [0.717, 1.165) is 33.7 Å². The fraction of sp³-hybridized carbons (Fsp3) is 0.333. The average Bonchev–Trinajstić information content (AvgIpc) is 2.76. The Balaban J connectivity index is 2.03. The summed E-state index contributed by atoms with van der Waals surface area (Å²) in [5.74, 6) is 0. The van der Waals surface area contributed by atoms with Crippen LogP contribution in [0.15, 0.2) is 36.4 Å². The number of nitrogens with two attached hydrogens (primary N) is 1. The zero-order valence-corrected chi connectivity index (χ0v) is 13.6.